The standard InChI is InChI=1S/C16H25N3O4S/c1-18(2)10-7-12-5-4-9-19(16(12)24)13(11-23-3)15(22)17-8-6-14(20)21/h4-5,9,13H,6-8,10-11H2,1-3H3,(H,17,22)(H,20,21). The van der Waals surface area contributed by atoms with E-state index in [9.17, 15) is 9.59 Å². The fourth-order valence-electron chi connectivity index (χ4n) is 2.19. The van der Waals surface area contributed by atoms with Crippen molar-refractivity contribution in [2.24, 2.45) is 0 Å². The molecule has 1 heterocycles. The topological polar surface area (TPSA) is 83.8 Å². The van der Waals surface area contributed by atoms with E-state index >= 15 is 0 Å². The lowest BCUT2D eigenvalue weighted by Crippen LogP contribution is -2.36. The fraction of sp³-hybridized carbons (Fsp3) is 0.562. The van der Waals surface area contributed by atoms with Crippen LogP contribution in [0.25, 0.3) is 0 Å². The largest absolute Gasteiger partial charge is 0.481 e. The maximum atomic E-state index is 12.4. The van der Waals surface area contributed by atoms with Gasteiger partial charge in [-0.25, -0.2) is 0 Å². The Labute approximate surface area is 147 Å². The molecule has 0 aliphatic carbocycles. The highest BCUT2D eigenvalue weighted by atomic mass is 32.1. The number of carboxylic acid groups (broad SMARTS) is 1. The average Bonchev–Trinajstić information content (AvgIpc) is 2.51. The van der Waals surface area contributed by atoms with Crippen molar-refractivity contribution in [3.05, 3.63) is 28.5 Å². The quantitative estimate of drug-likeness (QED) is 0.612. The molecule has 2 N–H and O–H groups in total. The van der Waals surface area contributed by atoms with Crippen molar-refractivity contribution in [1.82, 2.24) is 14.8 Å². The molecule has 0 aromatic carbocycles. The van der Waals surface area contributed by atoms with E-state index in [0.29, 0.717) is 4.64 Å². The Balaban J connectivity index is 2.95. The first-order valence-corrected chi connectivity index (χ1v) is 8.10. The predicted molar refractivity (Wildman–Crippen MR) is 93.7 cm³/mol. The number of hydrogen-bond donors (Lipinski definition) is 2. The first-order valence-electron chi connectivity index (χ1n) is 7.70. The zero-order valence-corrected chi connectivity index (χ0v) is 15.1. The second kappa shape index (κ2) is 10.2. The molecule has 1 rings (SSSR count). The van der Waals surface area contributed by atoms with Gasteiger partial charge in [0.25, 0.3) is 0 Å². The summed E-state index contributed by atoms with van der Waals surface area (Å²) in [4.78, 5) is 25.0. The molecular formula is C16H25N3O4S. The predicted octanol–water partition coefficient (Wildman–Crippen LogP) is 1.10. The number of pyridine rings is 1. The summed E-state index contributed by atoms with van der Waals surface area (Å²) in [7, 11) is 5.49. The normalized spacial score (nSPS) is 12.2. The molecule has 0 spiro atoms. The highest BCUT2D eigenvalue weighted by Gasteiger charge is 2.21. The van der Waals surface area contributed by atoms with Gasteiger partial charge >= 0.3 is 5.97 Å². The molecular weight excluding hydrogens is 330 g/mol. The molecule has 134 valence electrons. The molecule has 7 nitrogen and oxygen atoms in total. The van der Waals surface area contributed by atoms with Crippen LogP contribution >= 0.6 is 12.2 Å². The van der Waals surface area contributed by atoms with Crippen LogP contribution in [0.1, 0.15) is 18.0 Å². The number of likely N-dealkylation sites (N-methyl/N-ethyl adjacent to an activating group) is 1. The number of carboxylic acids is 1. The Bertz CT molecular complexity index is 616. The first-order chi connectivity index (χ1) is 11.4. The summed E-state index contributed by atoms with van der Waals surface area (Å²) >= 11 is 5.52. The molecule has 8 heteroatoms. The summed E-state index contributed by atoms with van der Waals surface area (Å²) in [5.41, 5.74) is 0.987. The Kier molecular flexibility index (Phi) is 8.59. The van der Waals surface area contributed by atoms with Crippen LogP contribution in [0.5, 0.6) is 0 Å². The second-order valence-corrected chi connectivity index (χ2v) is 6.09. The van der Waals surface area contributed by atoms with Gasteiger partial charge in [-0.3, -0.25) is 9.59 Å². The minimum absolute atomic E-state index is 0.0715. The summed E-state index contributed by atoms with van der Waals surface area (Å²) in [6.45, 7) is 1.08. The van der Waals surface area contributed by atoms with E-state index < -0.39 is 12.0 Å². The van der Waals surface area contributed by atoms with Gasteiger partial charge in [0.15, 0.2) is 0 Å². The van der Waals surface area contributed by atoms with Crippen LogP contribution in [0.4, 0.5) is 0 Å². The van der Waals surface area contributed by atoms with Crippen LogP contribution in [-0.4, -0.2) is 67.4 Å². The molecule has 1 amide bonds. The minimum Gasteiger partial charge on any atom is -0.481 e. The van der Waals surface area contributed by atoms with Gasteiger partial charge in [0.05, 0.1) is 13.0 Å². The second-order valence-electron chi connectivity index (χ2n) is 5.71. The summed E-state index contributed by atoms with van der Waals surface area (Å²) in [6.07, 6.45) is 2.41. The van der Waals surface area contributed by atoms with Crippen LogP contribution in [0, 0.1) is 4.64 Å². The van der Waals surface area contributed by atoms with Gasteiger partial charge in [0, 0.05) is 26.4 Å². The van der Waals surface area contributed by atoms with Crippen molar-refractivity contribution in [2.75, 3.05) is 40.9 Å². The van der Waals surface area contributed by atoms with Gasteiger partial charge < -0.3 is 24.6 Å². The molecule has 1 aromatic rings. The van der Waals surface area contributed by atoms with E-state index in [1.807, 2.05) is 26.2 Å². The lowest BCUT2D eigenvalue weighted by molar-refractivity contribution is -0.137. The highest BCUT2D eigenvalue weighted by Crippen LogP contribution is 2.13. The average molecular weight is 355 g/mol. The molecule has 24 heavy (non-hydrogen) atoms. The summed E-state index contributed by atoms with van der Waals surface area (Å²) in [5.74, 6) is -1.26. The van der Waals surface area contributed by atoms with Crippen molar-refractivity contribution in [2.45, 2.75) is 18.9 Å². The Hall–Kier alpha value is -1.77. The van der Waals surface area contributed by atoms with Gasteiger partial charge in [-0.2, -0.15) is 0 Å². The smallest absolute Gasteiger partial charge is 0.305 e. The number of nitrogens with zero attached hydrogens (tertiary/aromatic N) is 2. The lowest BCUT2D eigenvalue weighted by atomic mass is 10.2. The molecule has 1 atom stereocenters. The van der Waals surface area contributed by atoms with E-state index in [2.05, 4.69) is 10.2 Å². The van der Waals surface area contributed by atoms with E-state index in [1.165, 1.54) is 7.11 Å². The number of aromatic nitrogens is 1. The fourth-order valence-corrected chi connectivity index (χ4v) is 2.55. The van der Waals surface area contributed by atoms with Crippen molar-refractivity contribution >= 4 is 24.1 Å². The third kappa shape index (κ3) is 6.38. The summed E-state index contributed by atoms with van der Waals surface area (Å²) in [5, 5.41) is 11.3. The zero-order chi connectivity index (χ0) is 18.1. The number of ether oxygens (including phenoxy) is 1. The molecule has 0 bridgehead atoms. The lowest BCUT2D eigenvalue weighted by Gasteiger charge is -2.21. The third-order valence-electron chi connectivity index (χ3n) is 3.48. The number of carbonyl (C=O) groups excluding carboxylic acids is 1. The number of aliphatic carboxylic acids is 1. The Morgan fingerprint density at radius 1 is 1.46 bits per heavy atom. The van der Waals surface area contributed by atoms with E-state index in [-0.39, 0.29) is 25.5 Å². The highest BCUT2D eigenvalue weighted by molar-refractivity contribution is 7.71. The molecule has 1 aromatic heterocycles. The van der Waals surface area contributed by atoms with Crippen LogP contribution in [0.15, 0.2) is 18.3 Å². The maximum absolute atomic E-state index is 12.4. The Morgan fingerprint density at radius 2 is 2.17 bits per heavy atom. The molecule has 1 unspecified atom stereocenters. The van der Waals surface area contributed by atoms with Crippen molar-refractivity contribution in [3.8, 4) is 0 Å². The SMILES string of the molecule is COCC(C(=O)NCCC(=O)O)n1cccc(CCN(C)C)c1=S. The van der Waals surface area contributed by atoms with Gasteiger partial charge in [-0.15, -0.1) is 0 Å². The van der Waals surface area contributed by atoms with Crippen molar-refractivity contribution in [3.63, 3.8) is 0 Å². The zero-order valence-electron chi connectivity index (χ0n) is 14.3. The number of hydrogen-bond acceptors (Lipinski definition) is 5. The Morgan fingerprint density at radius 3 is 2.75 bits per heavy atom. The molecule has 0 radical (unpaired) electrons. The number of carbonyl (C=O) groups is 2. The molecule has 0 saturated carbocycles. The van der Waals surface area contributed by atoms with Crippen molar-refractivity contribution < 1.29 is 19.4 Å². The first kappa shape index (κ1) is 20.3. The molecule has 0 aliphatic heterocycles. The van der Waals surface area contributed by atoms with Gasteiger partial charge in [-0.05, 0) is 32.1 Å². The van der Waals surface area contributed by atoms with E-state index in [1.54, 1.807) is 10.8 Å². The number of amides is 1. The van der Waals surface area contributed by atoms with Crippen LogP contribution in [-0.2, 0) is 20.7 Å². The van der Waals surface area contributed by atoms with Gasteiger partial charge in [-0.1, -0.05) is 18.3 Å². The summed E-state index contributed by atoms with van der Waals surface area (Å²) in [6, 6.07) is 3.18. The van der Waals surface area contributed by atoms with E-state index in [4.69, 9.17) is 22.1 Å². The molecule has 0 fully saturated rings. The minimum atomic E-state index is -0.958. The van der Waals surface area contributed by atoms with Gasteiger partial charge in [0.2, 0.25) is 5.91 Å². The number of rotatable bonds is 10. The maximum Gasteiger partial charge on any atom is 0.305 e. The number of nitrogens with one attached hydrogen (secondary N) is 1. The number of methoxy groups -OCH3 is 1. The van der Waals surface area contributed by atoms with Crippen LogP contribution in [0.2, 0.25) is 0 Å². The van der Waals surface area contributed by atoms with Crippen molar-refractivity contribution in [1.29, 1.82) is 0 Å². The summed E-state index contributed by atoms with van der Waals surface area (Å²) < 4.78 is 7.45. The third-order valence-corrected chi connectivity index (χ3v) is 3.96. The van der Waals surface area contributed by atoms with Crippen LogP contribution in [0.3, 0.4) is 0 Å². The van der Waals surface area contributed by atoms with Gasteiger partial charge in [0.1, 0.15) is 10.7 Å². The molecule has 0 aliphatic rings. The monoisotopic (exact) mass is 355 g/mol. The molecule has 0 saturated heterocycles. The van der Waals surface area contributed by atoms with E-state index in [0.717, 1.165) is 18.5 Å². The van der Waals surface area contributed by atoms with Crippen LogP contribution < -0.4 is 5.32 Å².